The third-order valence-corrected chi connectivity index (χ3v) is 1.87. The first-order valence-electron chi connectivity index (χ1n) is 5.20. The number of hydrazone groups is 1. The highest BCUT2D eigenvalue weighted by Crippen LogP contribution is 2.26. The summed E-state index contributed by atoms with van der Waals surface area (Å²) in [6, 6.07) is 6.63. The minimum Gasteiger partial charge on any atom is -0.479 e. The molecular formula is C11H13N3O4S. The SMILES string of the molecule is CC(=NNC(N)=S)Oc1ccccc1OCC(=O)O. The quantitative estimate of drug-likeness (QED) is 0.316. The van der Waals surface area contributed by atoms with E-state index in [0.717, 1.165) is 0 Å². The van der Waals surface area contributed by atoms with E-state index in [1.165, 1.54) is 0 Å². The Morgan fingerprint density at radius 3 is 2.68 bits per heavy atom. The van der Waals surface area contributed by atoms with Gasteiger partial charge in [-0.3, -0.25) is 5.43 Å². The van der Waals surface area contributed by atoms with Crippen molar-refractivity contribution < 1.29 is 19.4 Å². The molecule has 102 valence electrons. The molecule has 0 fully saturated rings. The van der Waals surface area contributed by atoms with Crippen molar-refractivity contribution in [3.63, 3.8) is 0 Å². The van der Waals surface area contributed by atoms with Gasteiger partial charge < -0.3 is 20.3 Å². The van der Waals surface area contributed by atoms with Gasteiger partial charge in [-0.2, -0.15) is 0 Å². The summed E-state index contributed by atoms with van der Waals surface area (Å²) >= 11 is 4.59. The highest BCUT2D eigenvalue weighted by Gasteiger charge is 2.07. The summed E-state index contributed by atoms with van der Waals surface area (Å²) in [5.41, 5.74) is 7.59. The van der Waals surface area contributed by atoms with Crippen LogP contribution in [0, 0.1) is 0 Å². The molecule has 0 amide bonds. The van der Waals surface area contributed by atoms with Crippen LogP contribution in [0.1, 0.15) is 6.92 Å². The van der Waals surface area contributed by atoms with Crippen molar-refractivity contribution in [2.24, 2.45) is 10.8 Å². The lowest BCUT2D eigenvalue weighted by atomic mass is 10.3. The summed E-state index contributed by atoms with van der Waals surface area (Å²) < 4.78 is 10.5. The molecule has 0 radical (unpaired) electrons. The van der Waals surface area contributed by atoms with Crippen molar-refractivity contribution >= 4 is 29.2 Å². The van der Waals surface area contributed by atoms with Crippen molar-refractivity contribution in [1.29, 1.82) is 0 Å². The summed E-state index contributed by atoms with van der Waals surface area (Å²) in [6.45, 7) is 1.13. The van der Waals surface area contributed by atoms with E-state index in [0.29, 0.717) is 11.5 Å². The molecule has 0 heterocycles. The molecule has 19 heavy (non-hydrogen) atoms. The number of rotatable bonds is 5. The molecule has 0 aliphatic rings. The lowest BCUT2D eigenvalue weighted by Gasteiger charge is -2.10. The highest BCUT2D eigenvalue weighted by molar-refractivity contribution is 7.80. The molecule has 0 aromatic heterocycles. The fraction of sp³-hybridized carbons (Fsp3) is 0.182. The Bertz CT molecular complexity index is 504. The molecule has 0 spiro atoms. The van der Waals surface area contributed by atoms with Gasteiger partial charge in [0.1, 0.15) is 0 Å². The summed E-state index contributed by atoms with van der Waals surface area (Å²) in [6.07, 6.45) is 0. The van der Waals surface area contributed by atoms with Crippen LogP contribution in [-0.2, 0) is 4.79 Å². The van der Waals surface area contributed by atoms with E-state index >= 15 is 0 Å². The highest BCUT2D eigenvalue weighted by atomic mass is 32.1. The number of hydrogen-bond donors (Lipinski definition) is 3. The third-order valence-electron chi connectivity index (χ3n) is 1.78. The molecule has 0 atom stereocenters. The number of thiocarbonyl (C=S) groups is 1. The number of aliphatic carboxylic acids is 1. The molecular weight excluding hydrogens is 270 g/mol. The van der Waals surface area contributed by atoms with Gasteiger partial charge in [0.15, 0.2) is 23.2 Å². The number of carbonyl (C=O) groups is 1. The summed E-state index contributed by atoms with van der Waals surface area (Å²) in [5, 5.41) is 12.3. The number of benzene rings is 1. The summed E-state index contributed by atoms with van der Waals surface area (Å²) in [5.74, 6) is -0.181. The van der Waals surface area contributed by atoms with Gasteiger partial charge in [0.05, 0.1) is 0 Å². The fourth-order valence-corrected chi connectivity index (χ4v) is 1.15. The van der Waals surface area contributed by atoms with Crippen LogP contribution in [0.15, 0.2) is 29.4 Å². The Hall–Kier alpha value is -2.35. The van der Waals surface area contributed by atoms with Crippen molar-refractivity contribution in [3.05, 3.63) is 24.3 Å². The van der Waals surface area contributed by atoms with Crippen LogP contribution in [0.25, 0.3) is 0 Å². The second-order valence-corrected chi connectivity index (χ2v) is 3.78. The average molecular weight is 283 g/mol. The largest absolute Gasteiger partial charge is 0.479 e. The van der Waals surface area contributed by atoms with Gasteiger partial charge in [0.25, 0.3) is 0 Å². The van der Waals surface area contributed by atoms with Crippen LogP contribution < -0.4 is 20.6 Å². The smallest absolute Gasteiger partial charge is 0.341 e. The lowest BCUT2D eigenvalue weighted by molar-refractivity contribution is -0.139. The Balaban J connectivity index is 2.74. The van der Waals surface area contributed by atoms with E-state index in [-0.39, 0.29) is 11.0 Å². The maximum absolute atomic E-state index is 10.5. The predicted molar refractivity (Wildman–Crippen MR) is 73.2 cm³/mol. The van der Waals surface area contributed by atoms with Crippen LogP contribution in [-0.4, -0.2) is 28.7 Å². The number of hydrogen-bond acceptors (Lipinski definition) is 5. The second kappa shape index (κ2) is 7.17. The maximum Gasteiger partial charge on any atom is 0.341 e. The normalized spacial score (nSPS) is 10.7. The predicted octanol–water partition coefficient (Wildman–Crippen LogP) is 0.695. The number of carboxylic acids is 1. The van der Waals surface area contributed by atoms with Gasteiger partial charge in [-0.1, -0.05) is 12.1 Å². The van der Waals surface area contributed by atoms with Gasteiger partial charge in [-0.15, -0.1) is 5.10 Å². The van der Waals surface area contributed by atoms with Crippen LogP contribution >= 0.6 is 12.2 Å². The average Bonchev–Trinajstić information content (AvgIpc) is 2.35. The number of nitrogens with two attached hydrogens (primary N) is 1. The number of para-hydroxylation sites is 2. The van der Waals surface area contributed by atoms with E-state index < -0.39 is 12.6 Å². The fourth-order valence-electron chi connectivity index (χ4n) is 1.11. The number of ether oxygens (including phenoxy) is 2. The first-order chi connectivity index (χ1) is 8.99. The number of nitrogens with zero attached hydrogens (tertiary/aromatic N) is 1. The third kappa shape index (κ3) is 5.68. The van der Waals surface area contributed by atoms with E-state index in [1.807, 2.05) is 0 Å². The van der Waals surface area contributed by atoms with Gasteiger partial charge in [0.2, 0.25) is 5.90 Å². The van der Waals surface area contributed by atoms with Crippen molar-refractivity contribution in [2.45, 2.75) is 6.92 Å². The zero-order valence-electron chi connectivity index (χ0n) is 10.1. The van der Waals surface area contributed by atoms with Crippen molar-refractivity contribution in [3.8, 4) is 11.5 Å². The lowest BCUT2D eigenvalue weighted by Crippen LogP contribution is -2.26. The van der Waals surface area contributed by atoms with Crippen LogP contribution in [0.3, 0.4) is 0 Å². The molecule has 0 bridgehead atoms. The van der Waals surface area contributed by atoms with Gasteiger partial charge in [-0.25, -0.2) is 4.79 Å². The monoisotopic (exact) mass is 283 g/mol. The van der Waals surface area contributed by atoms with Gasteiger partial charge in [-0.05, 0) is 24.4 Å². The number of nitrogens with one attached hydrogen (secondary N) is 1. The van der Waals surface area contributed by atoms with E-state index in [9.17, 15) is 4.79 Å². The molecule has 0 saturated heterocycles. The van der Waals surface area contributed by atoms with E-state index in [4.69, 9.17) is 20.3 Å². The first-order valence-corrected chi connectivity index (χ1v) is 5.61. The second-order valence-electron chi connectivity index (χ2n) is 3.34. The molecule has 1 rings (SSSR count). The van der Waals surface area contributed by atoms with Crippen LogP contribution in [0.4, 0.5) is 0 Å². The first kappa shape index (κ1) is 14.7. The van der Waals surface area contributed by atoms with Crippen LogP contribution in [0.2, 0.25) is 0 Å². The molecule has 0 unspecified atom stereocenters. The topological polar surface area (TPSA) is 106 Å². The molecule has 0 saturated carbocycles. The summed E-state index contributed by atoms with van der Waals surface area (Å²) in [4.78, 5) is 10.5. The molecule has 4 N–H and O–H groups in total. The standard InChI is InChI=1S/C11H13N3O4S/c1-7(13-14-11(12)19)18-9-5-3-2-4-8(9)17-6-10(15)16/h2-5H,6H2,1H3,(H,15,16)(H3,12,14,19). The van der Waals surface area contributed by atoms with E-state index in [2.05, 4.69) is 22.7 Å². The molecule has 1 aromatic rings. The molecule has 8 heteroatoms. The molecule has 0 aliphatic heterocycles. The molecule has 7 nitrogen and oxygen atoms in total. The minimum atomic E-state index is -1.07. The Morgan fingerprint density at radius 2 is 2.11 bits per heavy atom. The van der Waals surface area contributed by atoms with Gasteiger partial charge >= 0.3 is 5.97 Å². The zero-order valence-corrected chi connectivity index (χ0v) is 10.9. The van der Waals surface area contributed by atoms with Crippen molar-refractivity contribution in [2.75, 3.05) is 6.61 Å². The molecule has 0 aliphatic carbocycles. The van der Waals surface area contributed by atoms with Crippen LogP contribution in [0.5, 0.6) is 11.5 Å². The summed E-state index contributed by atoms with van der Waals surface area (Å²) in [7, 11) is 0. The number of carboxylic acid groups (broad SMARTS) is 1. The zero-order chi connectivity index (χ0) is 14.3. The maximum atomic E-state index is 10.5. The Kier molecular flexibility index (Phi) is 5.55. The van der Waals surface area contributed by atoms with Crippen molar-refractivity contribution in [1.82, 2.24) is 5.43 Å². The van der Waals surface area contributed by atoms with E-state index in [1.54, 1.807) is 31.2 Å². The minimum absolute atomic E-state index is 0.0124. The molecule has 1 aromatic carbocycles. The Morgan fingerprint density at radius 1 is 1.47 bits per heavy atom. The van der Waals surface area contributed by atoms with Gasteiger partial charge in [0, 0.05) is 6.92 Å². The Labute approximate surface area is 115 Å².